The van der Waals surface area contributed by atoms with E-state index in [9.17, 15) is 22.0 Å². The van der Waals surface area contributed by atoms with Crippen molar-refractivity contribution in [3.63, 3.8) is 0 Å². The van der Waals surface area contributed by atoms with Crippen molar-refractivity contribution in [2.75, 3.05) is 6.23 Å². The van der Waals surface area contributed by atoms with Crippen LogP contribution in [0.2, 0.25) is 13.1 Å². The Hall–Kier alpha value is -0.593. The van der Waals surface area contributed by atoms with Crippen molar-refractivity contribution in [3.8, 4) is 0 Å². The van der Waals surface area contributed by atoms with Gasteiger partial charge in [0.05, 0.1) is 15.0 Å². The first-order chi connectivity index (χ1) is 5.75. The van der Waals surface area contributed by atoms with Gasteiger partial charge in [-0.05, 0) is 0 Å². The molecule has 0 aliphatic heterocycles. The molecule has 0 bridgehead atoms. The molecule has 0 aromatic rings. The van der Waals surface area contributed by atoms with Gasteiger partial charge in [0, 0.05) is 0 Å². The van der Waals surface area contributed by atoms with Crippen molar-refractivity contribution in [2.45, 2.75) is 19.3 Å². The summed E-state index contributed by atoms with van der Waals surface area (Å²) in [4.78, 5) is 0. The molecule has 1 radical (unpaired) electrons. The van der Waals surface area contributed by atoms with Gasteiger partial charge in [-0.1, -0.05) is 13.1 Å². The molecule has 0 saturated carbocycles. The van der Waals surface area contributed by atoms with Gasteiger partial charge in [0.15, 0.2) is 0 Å². The molecule has 0 heterocycles. The molecule has 0 aliphatic rings. The first-order valence-electron chi connectivity index (χ1n) is 3.29. The number of alkyl halides is 3. The molecule has 13 heavy (non-hydrogen) atoms. The topological polar surface area (TPSA) is 9.23 Å². The smallest absolute Gasteiger partial charge is 0.454 e. The molecular formula is C6H8F5OSi. The number of hydrogen-bond acceptors (Lipinski definition) is 1. The van der Waals surface area contributed by atoms with Gasteiger partial charge in [-0.25, -0.2) is 0 Å². The maximum absolute atomic E-state index is 11.8. The number of rotatable bonds is 3. The maximum atomic E-state index is 11.8. The summed E-state index contributed by atoms with van der Waals surface area (Å²) in [5.74, 6) is -2.17. The molecule has 0 amide bonds. The van der Waals surface area contributed by atoms with E-state index in [2.05, 4.69) is 4.74 Å². The fraction of sp³-hybridized carbons (Fsp3) is 0.667. The summed E-state index contributed by atoms with van der Waals surface area (Å²) < 4.78 is 62.7. The second-order valence-corrected chi connectivity index (χ2v) is 5.29. The standard InChI is InChI=1S/C6H8F5OSi/c1-13(2)3-12-4(5(7)8)6(9,10)11/h3H2,1-2H3. The molecule has 0 spiro atoms. The van der Waals surface area contributed by atoms with Crippen molar-refractivity contribution in [2.24, 2.45) is 0 Å². The van der Waals surface area contributed by atoms with Gasteiger partial charge >= 0.3 is 12.3 Å². The van der Waals surface area contributed by atoms with Gasteiger partial charge in [0.2, 0.25) is 0 Å². The number of halogens is 5. The molecule has 0 N–H and O–H groups in total. The van der Waals surface area contributed by atoms with E-state index in [1.54, 1.807) is 13.1 Å². The van der Waals surface area contributed by atoms with Crippen LogP contribution in [0.25, 0.3) is 0 Å². The Labute approximate surface area is 73.8 Å². The largest absolute Gasteiger partial charge is 0.489 e. The summed E-state index contributed by atoms with van der Waals surface area (Å²) in [5, 5.41) is 0. The normalized spacial score (nSPS) is 11.7. The third-order valence-electron chi connectivity index (χ3n) is 0.934. The minimum atomic E-state index is -5.10. The average molecular weight is 219 g/mol. The SMILES string of the molecule is C[Si](C)COC(=C(F)F)C(F)(F)F. The summed E-state index contributed by atoms with van der Waals surface area (Å²) in [6, 6.07) is 0. The quantitative estimate of drug-likeness (QED) is 0.403. The first-order valence-corrected chi connectivity index (χ1v) is 6.00. The van der Waals surface area contributed by atoms with E-state index in [0.29, 0.717) is 0 Å². The molecule has 0 unspecified atom stereocenters. The van der Waals surface area contributed by atoms with Gasteiger partial charge in [0.1, 0.15) is 0 Å². The molecular weight excluding hydrogens is 211 g/mol. The number of allylic oxidation sites excluding steroid dienone is 1. The molecule has 0 fully saturated rings. The number of ether oxygens (including phenoxy) is 1. The van der Waals surface area contributed by atoms with Crippen LogP contribution in [-0.2, 0) is 4.74 Å². The first kappa shape index (κ1) is 12.4. The van der Waals surface area contributed by atoms with E-state index in [0.717, 1.165) is 0 Å². The van der Waals surface area contributed by atoms with Crippen LogP contribution >= 0.6 is 0 Å². The third-order valence-corrected chi connectivity index (χ3v) is 1.66. The molecule has 0 aliphatic carbocycles. The van der Waals surface area contributed by atoms with Crippen molar-refractivity contribution in [3.05, 3.63) is 11.8 Å². The summed E-state index contributed by atoms with van der Waals surface area (Å²) in [7, 11) is -1.11. The van der Waals surface area contributed by atoms with Gasteiger partial charge in [-0.2, -0.15) is 22.0 Å². The lowest BCUT2D eigenvalue weighted by atomic mass is 10.5. The zero-order valence-corrected chi connectivity index (χ0v) is 8.01. The lowest BCUT2D eigenvalue weighted by Gasteiger charge is -2.12. The van der Waals surface area contributed by atoms with E-state index in [-0.39, 0.29) is 6.23 Å². The lowest BCUT2D eigenvalue weighted by molar-refractivity contribution is -0.133. The van der Waals surface area contributed by atoms with Crippen molar-refractivity contribution < 1.29 is 26.7 Å². The van der Waals surface area contributed by atoms with Crippen LogP contribution in [0.3, 0.4) is 0 Å². The minimum absolute atomic E-state index is 0.281. The molecule has 0 aromatic heterocycles. The van der Waals surface area contributed by atoms with Crippen molar-refractivity contribution >= 4 is 8.80 Å². The van der Waals surface area contributed by atoms with Crippen LogP contribution in [0.5, 0.6) is 0 Å². The molecule has 77 valence electrons. The summed E-state index contributed by atoms with van der Waals surface area (Å²) in [5.41, 5.74) is 0. The van der Waals surface area contributed by atoms with Crippen molar-refractivity contribution in [1.82, 2.24) is 0 Å². The van der Waals surface area contributed by atoms with Crippen LogP contribution in [0.1, 0.15) is 0 Å². The highest BCUT2D eigenvalue weighted by Gasteiger charge is 2.40. The second-order valence-electron chi connectivity index (χ2n) is 2.58. The van der Waals surface area contributed by atoms with E-state index < -0.39 is 26.8 Å². The monoisotopic (exact) mass is 219 g/mol. The van der Waals surface area contributed by atoms with Crippen LogP contribution in [0, 0.1) is 0 Å². The van der Waals surface area contributed by atoms with Gasteiger partial charge in [0.25, 0.3) is 5.76 Å². The summed E-state index contributed by atoms with van der Waals surface area (Å²) in [6.07, 6.45) is -8.21. The van der Waals surface area contributed by atoms with Gasteiger partial charge in [-0.3, -0.25) is 0 Å². The predicted molar refractivity (Wildman–Crippen MR) is 38.7 cm³/mol. The van der Waals surface area contributed by atoms with E-state index in [4.69, 9.17) is 0 Å². The second kappa shape index (κ2) is 4.59. The Morgan fingerprint density at radius 1 is 1.23 bits per heavy atom. The summed E-state index contributed by atoms with van der Waals surface area (Å²) >= 11 is 0. The molecule has 0 atom stereocenters. The van der Waals surface area contributed by atoms with E-state index in [1.807, 2.05) is 0 Å². The highest BCUT2D eigenvalue weighted by Crippen LogP contribution is 2.30. The van der Waals surface area contributed by atoms with Gasteiger partial charge < -0.3 is 4.74 Å². The fourth-order valence-corrected chi connectivity index (χ4v) is 0.893. The predicted octanol–water partition coefficient (Wildman–Crippen LogP) is 2.97. The zero-order chi connectivity index (χ0) is 10.6. The Balaban J connectivity index is 4.41. The molecule has 0 saturated heterocycles. The van der Waals surface area contributed by atoms with Crippen LogP contribution in [-0.4, -0.2) is 21.2 Å². The fourth-order valence-electron chi connectivity index (χ4n) is 0.460. The van der Waals surface area contributed by atoms with Gasteiger partial charge in [-0.15, -0.1) is 0 Å². The molecule has 7 heteroatoms. The van der Waals surface area contributed by atoms with E-state index >= 15 is 0 Å². The Kier molecular flexibility index (Phi) is 4.38. The van der Waals surface area contributed by atoms with Crippen LogP contribution < -0.4 is 0 Å². The van der Waals surface area contributed by atoms with E-state index in [1.165, 1.54) is 0 Å². The average Bonchev–Trinajstić information content (AvgIpc) is 1.81. The lowest BCUT2D eigenvalue weighted by Crippen LogP contribution is -2.20. The Morgan fingerprint density at radius 2 is 1.69 bits per heavy atom. The van der Waals surface area contributed by atoms with Crippen LogP contribution in [0.4, 0.5) is 22.0 Å². The third kappa shape index (κ3) is 4.86. The maximum Gasteiger partial charge on any atom is 0.454 e. The zero-order valence-electron chi connectivity index (χ0n) is 7.01. The molecule has 1 nitrogen and oxygen atoms in total. The highest BCUT2D eigenvalue weighted by atomic mass is 28.3. The van der Waals surface area contributed by atoms with Crippen molar-refractivity contribution in [1.29, 1.82) is 0 Å². The number of hydrogen-bond donors (Lipinski definition) is 0. The Morgan fingerprint density at radius 3 is 1.92 bits per heavy atom. The van der Waals surface area contributed by atoms with Crippen LogP contribution in [0.15, 0.2) is 11.8 Å². The highest BCUT2D eigenvalue weighted by molar-refractivity contribution is 6.55. The molecule has 0 aromatic carbocycles. The minimum Gasteiger partial charge on any atom is -0.489 e. The Bertz CT molecular complexity index is 194. The summed E-state index contributed by atoms with van der Waals surface area (Å²) in [6.45, 7) is 3.32. The molecule has 0 rings (SSSR count).